The second-order valence-corrected chi connectivity index (χ2v) is 4.65. The first-order valence-electron chi connectivity index (χ1n) is 6.39. The minimum Gasteiger partial charge on any atom is -0.445 e. The average Bonchev–Trinajstić information content (AvgIpc) is 3.02. The van der Waals surface area contributed by atoms with Crippen LogP contribution in [-0.4, -0.2) is 50.9 Å². The Morgan fingerprint density at radius 1 is 1.63 bits per heavy atom. The van der Waals surface area contributed by atoms with E-state index in [1.54, 1.807) is 17.4 Å². The Labute approximate surface area is 112 Å². The highest BCUT2D eigenvalue weighted by Gasteiger charge is 2.34. The Hall–Kier alpha value is -1.82. The number of nitrogens with zero attached hydrogens (tertiary/aromatic N) is 3. The number of aliphatic hydroxyl groups excluding tert-OH is 1. The van der Waals surface area contributed by atoms with Gasteiger partial charge in [-0.25, -0.2) is 9.78 Å². The molecule has 0 bridgehead atoms. The van der Waals surface area contributed by atoms with Gasteiger partial charge >= 0.3 is 6.09 Å². The third kappa shape index (κ3) is 3.57. The second-order valence-electron chi connectivity index (χ2n) is 4.65. The number of likely N-dealkylation sites (tertiary alicyclic amines) is 1. The number of aromatic nitrogens is 2. The Morgan fingerprint density at radius 3 is 3.16 bits per heavy atom. The van der Waals surface area contributed by atoms with Gasteiger partial charge in [-0.1, -0.05) is 12.7 Å². The largest absolute Gasteiger partial charge is 0.445 e. The number of aryl methyl sites for hydroxylation is 1. The van der Waals surface area contributed by atoms with Crippen molar-refractivity contribution in [3.05, 3.63) is 31.4 Å². The molecule has 19 heavy (non-hydrogen) atoms. The molecule has 1 aliphatic rings. The molecule has 104 valence electrons. The summed E-state index contributed by atoms with van der Waals surface area (Å²) < 4.78 is 6.99. The number of carbonyl (C=O) groups excluding carboxylic acids is 1. The van der Waals surface area contributed by atoms with E-state index in [4.69, 9.17) is 4.74 Å². The molecule has 2 unspecified atom stereocenters. The van der Waals surface area contributed by atoms with Crippen molar-refractivity contribution in [1.29, 1.82) is 0 Å². The lowest BCUT2D eigenvalue weighted by atomic mass is 10.1. The number of hydrogen-bond acceptors (Lipinski definition) is 4. The van der Waals surface area contributed by atoms with Gasteiger partial charge in [0.15, 0.2) is 0 Å². The van der Waals surface area contributed by atoms with Crippen LogP contribution in [-0.2, 0) is 11.3 Å². The number of amides is 1. The summed E-state index contributed by atoms with van der Waals surface area (Å²) in [6, 6.07) is 0.00900. The number of β-amino-alcohol motifs (C(OH)–C–C–N with tert-alkyl or cyclic N) is 1. The number of carbonyl (C=O) groups is 1. The molecule has 2 atom stereocenters. The molecule has 0 radical (unpaired) electrons. The third-order valence-corrected chi connectivity index (χ3v) is 3.23. The normalized spacial score (nSPS) is 22.5. The molecule has 0 saturated carbocycles. The molecule has 0 aromatic carbocycles. The van der Waals surface area contributed by atoms with Crippen LogP contribution in [0.5, 0.6) is 0 Å². The van der Waals surface area contributed by atoms with Crippen LogP contribution in [0.4, 0.5) is 4.79 Å². The van der Waals surface area contributed by atoms with Crippen LogP contribution in [0.25, 0.3) is 0 Å². The summed E-state index contributed by atoms with van der Waals surface area (Å²) in [5.41, 5.74) is 0. The van der Waals surface area contributed by atoms with E-state index in [0.717, 1.165) is 13.0 Å². The van der Waals surface area contributed by atoms with Crippen LogP contribution in [0.3, 0.4) is 0 Å². The van der Waals surface area contributed by atoms with E-state index in [9.17, 15) is 9.90 Å². The van der Waals surface area contributed by atoms with Crippen molar-refractivity contribution in [1.82, 2.24) is 14.5 Å². The van der Waals surface area contributed by atoms with Gasteiger partial charge in [-0.15, -0.1) is 0 Å². The number of ether oxygens (including phenoxy) is 1. The molecule has 6 heteroatoms. The summed E-state index contributed by atoms with van der Waals surface area (Å²) in [5, 5.41) is 9.71. The molecule has 1 aliphatic heterocycles. The molecular weight excluding hydrogens is 246 g/mol. The van der Waals surface area contributed by atoms with Crippen molar-refractivity contribution >= 4 is 6.09 Å². The monoisotopic (exact) mass is 265 g/mol. The van der Waals surface area contributed by atoms with Gasteiger partial charge in [-0.3, -0.25) is 0 Å². The summed E-state index contributed by atoms with van der Waals surface area (Å²) in [7, 11) is 0. The predicted molar refractivity (Wildman–Crippen MR) is 69.5 cm³/mol. The van der Waals surface area contributed by atoms with Gasteiger partial charge in [0.25, 0.3) is 0 Å². The summed E-state index contributed by atoms with van der Waals surface area (Å²) in [6.07, 6.45) is 7.40. The average molecular weight is 265 g/mol. The molecule has 1 amide bonds. The van der Waals surface area contributed by atoms with Gasteiger partial charge < -0.3 is 19.3 Å². The summed E-state index contributed by atoms with van der Waals surface area (Å²) in [5.74, 6) is 0. The zero-order chi connectivity index (χ0) is 13.7. The van der Waals surface area contributed by atoms with Crippen LogP contribution in [0, 0.1) is 0 Å². The van der Waals surface area contributed by atoms with E-state index < -0.39 is 6.10 Å². The maximum absolute atomic E-state index is 11.8. The second kappa shape index (κ2) is 6.38. The first-order valence-corrected chi connectivity index (χ1v) is 6.39. The van der Waals surface area contributed by atoms with Gasteiger partial charge in [-0.05, 0) is 12.8 Å². The molecule has 1 fully saturated rings. The lowest BCUT2D eigenvalue weighted by Gasteiger charge is -2.23. The minimum atomic E-state index is -0.468. The lowest BCUT2D eigenvalue weighted by Crippen LogP contribution is -2.37. The zero-order valence-corrected chi connectivity index (χ0v) is 10.8. The van der Waals surface area contributed by atoms with Crippen LogP contribution < -0.4 is 0 Å². The Morgan fingerprint density at radius 2 is 2.47 bits per heavy atom. The van der Waals surface area contributed by atoms with Crippen LogP contribution >= 0.6 is 0 Å². The van der Waals surface area contributed by atoms with Crippen molar-refractivity contribution in [2.45, 2.75) is 31.5 Å². The molecule has 0 aliphatic carbocycles. The fraction of sp³-hybridized carbons (Fsp3) is 0.538. The Balaban J connectivity index is 1.89. The number of hydrogen-bond donors (Lipinski definition) is 1. The SMILES string of the molecule is C=CCOC(=O)N1CC(O)CC1CCn1ccnc1. The molecule has 1 saturated heterocycles. The number of aliphatic hydroxyl groups is 1. The fourth-order valence-electron chi connectivity index (χ4n) is 2.32. The van der Waals surface area contributed by atoms with Crippen molar-refractivity contribution in [3.8, 4) is 0 Å². The maximum Gasteiger partial charge on any atom is 0.410 e. The zero-order valence-electron chi connectivity index (χ0n) is 10.8. The van der Waals surface area contributed by atoms with Crippen molar-refractivity contribution < 1.29 is 14.6 Å². The van der Waals surface area contributed by atoms with E-state index in [0.29, 0.717) is 13.0 Å². The first-order chi connectivity index (χ1) is 9.20. The summed E-state index contributed by atoms with van der Waals surface area (Å²) in [6.45, 7) is 4.81. The summed E-state index contributed by atoms with van der Waals surface area (Å²) in [4.78, 5) is 17.4. The molecule has 2 heterocycles. The number of rotatable bonds is 5. The van der Waals surface area contributed by atoms with Gasteiger partial charge in [-0.2, -0.15) is 0 Å². The van der Waals surface area contributed by atoms with E-state index in [1.165, 1.54) is 6.08 Å². The highest BCUT2D eigenvalue weighted by atomic mass is 16.6. The molecule has 6 nitrogen and oxygen atoms in total. The third-order valence-electron chi connectivity index (χ3n) is 3.23. The lowest BCUT2D eigenvalue weighted by molar-refractivity contribution is 0.101. The Bertz CT molecular complexity index is 419. The topological polar surface area (TPSA) is 67.6 Å². The van der Waals surface area contributed by atoms with Crippen LogP contribution in [0.15, 0.2) is 31.4 Å². The standard InChI is InChI=1S/C13H19N3O3/c1-2-7-19-13(18)16-9-12(17)8-11(16)3-5-15-6-4-14-10-15/h2,4,6,10-12,17H,1,3,5,7-9H2. The smallest absolute Gasteiger partial charge is 0.410 e. The molecule has 0 spiro atoms. The van der Waals surface area contributed by atoms with Gasteiger partial charge in [0.2, 0.25) is 0 Å². The molecule has 2 rings (SSSR count). The van der Waals surface area contributed by atoms with E-state index in [2.05, 4.69) is 11.6 Å². The number of imidazole rings is 1. The predicted octanol–water partition coefficient (Wildman–Crippen LogP) is 1.03. The molecule has 1 aromatic rings. The van der Waals surface area contributed by atoms with Crippen LogP contribution in [0.2, 0.25) is 0 Å². The quantitative estimate of drug-likeness (QED) is 0.807. The van der Waals surface area contributed by atoms with Crippen molar-refractivity contribution in [2.75, 3.05) is 13.2 Å². The molecule has 1 N–H and O–H groups in total. The van der Waals surface area contributed by atoms with E-state index in [-0.39, 0.29) is 18.7 Å². The van der Waals surface area contributed by atoms with Gasteiger partial charge in [0.05, 0.1) is 19.0 Å². The summed E-state index contributed by atoms with van der Waals surface area (Å²) >= 11 is 0. The van der Waals surface area contributed by atoms with E-state index in [1.807, 2.05) is 10.8 Å². The van der Waals surface area contributed by atoms with E-state index >= 15 is 0 Å². The maximum atomic E-state index is 11.8. The highest BCUT2D eigenvalue weighted by Crippen LogP contribution is 2.22. The van der Waals surface area contributed by atoms with Gasteiger partial charge in [0.1, 0.15) is 6.61 Å². The minimum absolute atomic E-state index is 0.00900. The Kier molecular flexibility index (Phi) is 4.57. The van der Waals surface area contributed by atoms with Gasteiger partial charge in [0, 0.05) is 25.0 Å². The van der Waals surface area contributed by atoms with Crippen molar-refractivity contribution in [2.24, 2.45) is 0 Å². The van der Waals surface area contributed by atoms with Crippen LogP contribution in [0.1, 0.15) is 12.8 Å². The molecule has 1 aromatic heterocycles. The highest BCUT2D eigenvalue weighted by molar-refractivity contribution is 5.68. The van der Waals surface area contributed by atoms with Crippen molar-refractivity contribution in [3.63, 3.8) is 0 Å². The molecular formula is C13H19N3O3. The fourth-order valence-corrected chi connectivity index (χ4v) is 2.32. The first kappa shape index (κ1) is 13.6.